The number of hydrogen-bond donors (Lipinski definition) is 0. The zero-order valence-corrected chi connectivity index (χ0v) is 17.8. The standard InChI is InChI=1S/C17H14F2I2N2O2/c1-7-3-10-9(5-22(7)20)6-25-16-13(10)11-4-12(18)8(2)14(19)15(11)23(21)17(16)24/h3-4,7,9H,5-6H2,1-2H3. The van der Waals surface area contributed by atoms with E-state index in [0.717, 1.165) is 12.1 Å². The lowest BCUT2D eigenvalue weighted by Gasteiger charge is -2.37. The first kappa shape index (κ1) is 17.7. The van der Waals surface area contributed by atoms with Crippen LogP contribution in [-0.4, -0.2) is 25.1 Å². The van der Waals surface area contributed by atoms with Gasteiger partial charge in [-0.05, 0) is 25.5 Å². The predicted octanol–water partition coefficient (Wildman–Crippen LogP) is 4.23. The van der Waals surface area contributed by atoms with Gasteiger partial charge in [-0.25, -0.2) is 14.7 Å². The molecule has 0 bridgehead atoms. The Morgan fingerprint density at radius 2 is 2.04 bits per heavy atom. The molecule has 0 fully saturated rings. The molecule has 0 radical (unpaired) electrons. The van der Waals surface area contributed by atoms with Crippen molar-refractivity contribution >= 4 is 62.2 Å². The molecule has 0 N–H and O–H groups in total. The minimum atomic E-state index is -0.702. The van der Waals surface area contributed by atoms with E-state index in [1.165, 1.54) is 15.8 Å². The minimum absolute atomic E-state index is 0.0701. The maximum atomic E-state index is 14.8. The molecule has 2 unspecified atom stereocenters. The van der Waals surface area contributed by atoms with Gasteiger partial charge in [-0.2, -0.15) is 0 Å². The maximum absolute atomic E-state index is 14.8. The van der Waals surface area contributed by atoms with Gasteiger partial charge in [0, 0.05) is 57.9 Å². The van der Waals surface area contributed by atoms with Crippen molar-refractivity contribution in [2.45, 2.75) is 19.9 Å². The van der Waals surface area contributed by atoms with Crippen molar-refractivity contribution in [2.75, 3.05) is 13.2 Å². The van der Waals surface area contributed by atoms with Crippen LogP contribution in [0.3, 0.4) is 0 Å². The molecule has 1 aromatic heterocycles. The third-order valence-electron chi connectivity index (χ3n) is 4.90. The molecule has 1 aromatic carbocycles. The van der Waals surface area contributed by atoms with Gasteiger partial charge >= 0.3 is 5.56 Å². The van der Waals surface area contributed by atoms with Crippen LogP contribution in [0.15, 0.2) is 16.9 Å². The summed E-state index contributed by atoms with van der Waals surface area (Å²) in [6, 6.07) is 1.48. The second-order valence-electron chi connectivity index (χ2n) is 6.44. The summed E-state index contributed by atoms with van der Waals surface area (Å²) in [5.41, 5.74) is 1.10. The summed E-state index contributed by atoms with van der Waals surface area (Å²) in [6.45, 7) is 4.58. The fourth-order valence-corrected chi connectivity index (χ4v) is 4.82. The Kier molecular flexibility index (Phi) is 4.35. The van der Waals surface area contributed by atoms with Gasteiger partial charge in [0.2, 0.25) is 0 Å². The molecule has 4 nitrogen and oxygen atoms in total. The molecule has 0 saturated carbocycles. The Morgan fingerprint density at radius 3 is 2.76 bits per heavy atom. The monoisotopic (exact) mass is 570 g/mol. The average molecular weight is 570 g/mol. The van der Waals surface area contributed by atoms with E-state index in [1.807, 2.05) is 0 Å². The molecule has 2 aliphatic heterocycles. The Balaban J connectivity index is 2.15. The number of fused-ring (bicyclic) bond motifs is 5. The Morgan fingerprint density at radius 1 is 1.32 bits per heavy atom. The predicted molar refractivity (Wildman–Crippen MR) is 109 cm³/mol. The van der Waals surface area contributed by atoms with Gasteiger partial charge in [-0.1, -0.05) is 6.08 Å². The molecule has 2 aromatic rings. The lowest BCUT2D eigenvalue weighted by atomic mass is 9.84. The van der Waals surface area contributed by atoms with Gasteiger partial charge in [0.15, 0.2) is 11.6 Å². The largest absolute Gasteiger partial charge is 0.487 e. The van der Waals surface area contributed by atoms with Gasteiger partial charge in [-0.3, -0.25) is 4.79 Å². The summed E-state index contributed by atoms with van der Waals surface area (Å²) < 4.78 is 38.1. The van der Waals surface area contributed by atoms with Crippen LogP contribution >= 0.6 is 45.7 Å². The lowest BCUT2D eigenvalue weighted by Crippen LogP contribution is -2.39. The molecular weight excluding hydrogens is 556 g/mol. The summed E-state index contributed by atoms with van der Waals surface area (Å²) in [7, 11) is 0. The SMILES string of the molecule is Cc1c(F)cc2c3c(c(=O)n(I)c2c1F)OCC1CN(I)C(C)C=C31. The van der Waals surface area contributed by atoms with Crippen molar-refractivity contribution < 1.29 is 13.5 Å². The molecule has 132 valence electrons. The van der Waals surface area contributed by atoms with Crippen LogP contribution in [0.4, 0.5) is 8.78 Å². The highest BCUT2D eigenvalue weighted by molar-refractivity contribution is 14.1. The van der Waals surface area contributed by atoms with Gasteiger partial charge in [0.05, 0.1) is 35.0 Å². The molecule has 0 amide bonds. The number of nitrogens with zero attached hydrogens (tertiary/aromatic N) is 2. The maximum Gasteiger partial charge on any atom is 0.302 e. The van der Waals surface area contributed by atoms with Crippen molar-refractivity contribution in [1.29, 1.82) is 0 Å². The summed E-state index contributed by atoms with van der Waals surface area (Å²) in [4.78, 5) is 12.7. The number of halogens is 4. The average Bonchev–Trinajstić information content (AvgIpc) is 2.57. The second kappa shape index (κ2) is 6.15. The zero-order valence-electron chi connectivity index (χ0n) is 13.4. The number of benzene rings is 1. The van der Waals surface area contributed by atoms with E-state index in [2.05, 4.69) is 39.0 Å². The van der Waals surface area contributed by atoms with E-state index in [9.17, 15) is 13.6 Å². The highest BCUT2D eigenvalue weighted by Crippen LogP contribution is 2.43. The van der Waals surface area contributed by atoms with Crippen LogP contribution in [0, 0.1) is 24.5 Å². The smallest absolute Gasteiger partial charge is 0.302 e. The summed E-state index contributed by atoms with van der Waals surface area (Å²) in [5.74, 6) is -1.07. The van der Waals surface area contributed by atoms with E-state index >= 15 is 0 Å². The third kappa shape index (κ3) is 2.54. The van der Waals surface area contributed by atoms with Crippen LogP contribution in [0.2, 0.25) is 0 Å². The summed E-state index contributed by atoms with van der Waals surface area (Å²) in [6.07, 6.45) is 2.06. The van der Waals surface area contributed by atoms with Crippen molar-refractivity contribution in [1.82, 2.24) is 5.89 Å². The van der Waals surface area contributed by atoms with Gasteiger partial charge in [0.25, 0.3) is 0 Å². The van der Waals surface area contributed by atoms with Crippen molar-refractivity contribution in [2.24, 2.45) is 5.92 Å². The first-order chi connectivity index (χ1) is 11.8. The van der Waals surface area contributed by atoms with Crippen LogP contribution in [0.25, 0.3) is 16.5 Å². The first-order valence-electron chi connectivity index (χ1n) is 7.82. The normalized spacial score (nSPS) is 23.0. The minimum Gasteiger partial charge on any atom is -0.487 e. The van der Waals surface area contributed by atoms with Crippen LogP contribution in [0.1, 0.15) is 18.1 Å². The number of pyridine rings is 1. The molecule has 2 aliphatic rings. The number of rotatable bonds is 0. The number of hydrogen-bond acceptors (Lipinski definition) is 3. The lowest BCUT2D eigenvalue weighted by molar-refractivity contribution is 0.235. The molecule has 0 saturated heterocycles. The van der Waals surface area contributed by atoms with Gasteiger partial charge < -0.3 is 4.74 Å². The third-order valence-corrected chi connectivity index (χ3v) is 7.09. The van der Waals surface area contributed by atoms with E-state index in [4.69, 9.17) is 4.74 Å². The molecule has 25 heavy (non-hydrogen) atoms. The van der Waals surface area contributed by atoms with Crippen molar-refractivity contribution in [3.63, 3.8) is 0 Å². The molecule has 8 heteroatoms. The molecule has 2 atom stereocenters. The number of ether oxygens (including phenoxy) is 1. The van der Waals surface area contributed by atoms with Crippen LogP contribution in [0.5, 0.6) is 5.75 Å². The molecule has 0 aliphatic carbocycles. The Hall–Kier alpha value is -0.750. The Labute approximate surface area is 170 Å². The fourth-order valence-electron chi connectivity index (χ4n) is 3.49. The zero-order chi connectivity index (χ0) is 18.0. The second-order valence-corrected chi connectivity index (χ2v) is 8.64. The van der Waals surface area contributed by atoms with Crippen LogP contribution in [-0.2, 0) is 0 Å². The molecule has 0 spiro atoms. The Bertz CT molecular complexity index is 1000. The van der Waals surface area contributed by atoms with E-state index in [1.54, 1.807) is 22.9 Å². The quantitative estimate of drug-likeness (QED) is 0.352. The summed E-state index contributed by atoms with van der Waals surface area (Å²) in [5, 5.41) is 0.384. The van der Waals surface area contributed by atoms with Crippen molar-refractivity contribution in [3.8, 4) is 5.75 Å². The van der Waals surface area contributed by atoms with E-state index in [0.29, 0.717) is 17.6 Å². The number of aromatic nitrogens is 1. The van der Waals surface area contributed by atoms with E-state index in [-0.39, 0.29) is 28.8 Å². The molecular formula is C17H14F2I2N2O2. The van der Waals surface area contributed by atoms with Crippen molar-refractivity contribution in [3.05, 3.63) is 45.3 Å². The van der Waals surface area contributed by atoms with Gasteiger partial charge in [-0.15, -0.1) is 0 Å². The highest BCUT2D eigenvalue weighted by Gasteiger charge is 2.36. The fraction of sp³-hybridized carbons (Fsp3) is 0.353. The first-order valence-corrected chi connectivity index (χ1v) is 9.75. The summed E-state index contributed by atoms with van der Waals surface area (Å²) >= 11 is 4.01. The van der Waals surface area contributed by atoms with Crippen LogP contribution < -0.4 is 10.3 Å². The van der Waals surface area contributed by atoms with Gasteiger partial charge in [0.1, 0.15) is 5.82 Å². The highest BCUT2D eigenvalue weighted by atomic mass is 127. The molecule has 3 heterocycles. The van der Waals surface area contributed by atoms with E-state index < -0.39 is 17.2 Å². The molecule has 4 rings (SSSR count). The topological polar surface area (TPSA) is 34.5 Å².